The smallest absolute Gasteiger partial charge is 0.406 e. The van der Waals surface area contributed by atoms with Gasteiger partial charge in [0.25, 0.3) is 5.82 Å². The predicted molar refractivity (Wildman–Crippen MR) is 78.6 cm³/mol. The molecule has 0 aliphatic rings. The topological polar surface area (TPSA) is 61.5 Å². The Hall–Kier alpha value is -2.89. The molecule has 12 heteroatoms. The van der Waals surface area contributed by atoms with E-state index in [0.29, 0.717) is 10.1 Å². The maximum Gasteiger partial charge on any atom is 0.573 e. The van der Waals surface area contributed by atoms with Crippen LogP contribution in [0.4, 0.5) is 26.3 Å². The van der Waals surface area contributed by atoms with E-state index in [9.17, 15) is 26.3 Å². The first-order valence-corrected chi connectivity index (χ1v) is 7.26. The van der Waals surface area contributed by atoms with Crippen LogP contribution in [0, 0.1) is 0 Å². The van der Waals surface area contributed by atoms with Crippen molar-refractivity contribution in [1.29, 1.82) is 0 Å². The van der Waals surface area contributed by atoms with Crippen molar-refractivity contribution in [2.24, 2.45) is 0 Å². The van der Waals surface area contributed by atoms with Crippen LogP contribution in [0.5, 0.6) is 5.75 Å². The monoisotopic (exact) mass is 392 g/mol. The molecule has 3 aromatic rings. The summed E-state index contributed by atoms with van der Waals surface area (Å²) in [7, 11) is 1.37. The zero-order valence-corrected chi connectivity index (χ0v) is 13.5. The van der Waals surface area contributed by atoms with Crippen LogP contribution >= 0.6 is 0 Å². The number of halogens is 6. The quantitative estimate of drug-likeness (QED) is 0.631. The molecule has 2 aromatic heterocycles. The lowest BCUT2D eigenvalue weighted by atomic mass is 10.1. The number of hydrogen-bond donors (Lipinski definition) is 0. The maximum atomic E-state index is 13.0. The Bertz CT molecular complexity index is 950. The zero-order valence-electron chi connectivity index (χ0n) is 13.5. The van der Waals surface area contributed by atoms with Crippen LogP contribution in [0.25, 0.3) is 16.9 Å². The number of alkyl halides is 6. The summed E-state index contributed by atoms with van der Waals surface area (Å²) in [4.78, 5) is 0. The first-order valence-electron chi connectivity index (χ1n) is 7.26. The highest BCUT2D eigenvalue weighted by Crippen LogP contribution is 2.31. The molecule has 0 N–H and O–H groups in total. The minimum absolute atomic E-state index is 0.00610. The lowest BCUT2D eigenvalue weighted by Crippen LogP contribution is -2.17. The molecule has 0 saturated carbocycles. The fraction of sp³-hybridized carbons (Fsp3) is 0.267. The SMILES string of the molecule is COCc1cc2nnc(C(F)(F)F)n2nc1-c1ccc(OC(F)(F)F)cc1. The van der Waals surface area contributed by atoms with Gasteiger partial charge in [-0.3, -0.25) is 0 Å². The highest BCUT2D eigenvalue weighted by Gasteiger charge is 2.38. The zero-order chi connectivity index (χ0) is 19.8. The van der Waals surface area contributed by atoms with Crippen molar-refractivity contribution in [3.63, 3.8) is 0 Å². The Kier molecular flexibility index (Phi) is 4.68. The van der Waals surface area contributed by atoms with E-state index in [1.807, 2.05) is 0 Å². The van der Waals surface area contributed by atoms with Crippen LogP contribution in [0.15, 0.2) is 30.3 Å². The standard InChI is InChI=1S/C15H10F6N4O2/c1-26-7-9-6-11-22-23-13(14(16,17)18)25(11)24-12(9)8-2-4-10(5-3-8)27-15(19,20)21/h2-6H,7H2,1H3. The Morgan fingerprint density at radius 2 is 1.67 bits per heavy atom. The van der Waals surface area contributed by atoms with E-state index in [1.54, 1.807) is 0 Å². The average Bonchev–Trinajstić information content (AvgIpc) is 2.97. The Morgan fingerprint density at radius 1 is 1.00 bits per heavy atom. The molecular formula is C15H10F6N4O2. The van der Waals surface area contributed by atoms with Crippen molar-refractivity contribution in [2.45, 2.75) is 19.1 Å². The molecule has 0 bridgehead atoms. The van der Waals surface area contributed by atoms with E-state index in [2.05, 4.69) is 20.0 Å². The third kappa shape index (κ3) is 4.10. The first kappa shape index (κ1) is 18.9. The molecule has 27 heavy (non-hydrogen) atoms. The summed E-state index contributed by atoms with van der Waals surface area (Å²) in [5.41, 5.74) is 0.583. The van der Waals surface area contributed by atoms with Crippen molar-refractivity contribution in [3.8, 4) is 17.0 Å². The third-order valence-electron chi connectivity index (χ3n) is 3.39. The van der Waals surface area contributed by atoms with Crippen LogP contribution in [0.1, 0.15) is 11.4 Å². The summed E-state index contributed by atoms with van der Waals surface area (Å²) < 4.78 is 85.2. The van der Waals surface area contributed by atoms with Gasteiger partial charge in [0.2, 0.25) is 0 Å². The van der Waals surface area contributed by atoms with E-state index >= 15 is 0 Å². The van der Waals surface area contributed by atoms with E-state index in [-0.39, 0.29) is 23.5 Å². The van der Waals surface area contributed by atoms with Crippen molar-refractivity contribution >= 4 is 5.65 Å². The first-order chi connectivity index (χ1) is 12.6. The fourth-order valence-corrected chi connectivity index (χ4v) is 2.37. The van der Waals surface area contributed by atoms with Crippen molar-refractivity contribution in [1.82, 2.24) is 19.8 Å². The van der Waals surface area contributed by atoms with Crippen molar-refractivity contribution < 1.29 is 35.8 Å². The number of rotatable bonds is 4. The number of ether oxygens (including phenoxy) is 2. The molecule has 6 nitrogen and oxygen atoms in total. The van der Waals surface area contributed by atoms with E-state index < -0.39 is 24.1 Å². The second kappa shape index (κ2) is 6.68. The van der Waals surface area contributed by atoms with Crippen LogP contribution in [0.2, 0.25) is 0 Å². The predicted octanol–water partition coefficient (Wildman–Crippen LogP) is 3.86. The van der Waals surface area contributed by atoms with E-state index in [4.69, 9.17) is 4.74 Å². The lowest BCUT2D eigenvalue weighted by Gasteiger charge is -2.12. The van der Waals surface area contributed by atoms with Gasteiger partial charge in [0.15, 0.2) is 5.65 Å². The molecule has 0 spiro atoms. The van der Waals surface area contributed by atoms with Gasteiger partial charge >= 0.3 is 12.5 Å². The summed E-state index contributed by atoms with van der Waals surface area (Å²) in [6, 6.07) is 5.86. The van der Waals surface area contributed by atoms with Crippen LogP contribution < -0.4 is 4.74 Å². The summed E-state index contributed by atoms with van der Waals surface area (Å²) in [5, 5.41) is 10.5. The molecule has 0 amide bonds. The third-order valence-corrected chi connectivity index (χ3v) is 3.39. The van der Waals surface area contributed by atoms with Crippen molar-refractivity contribution in [3.05, 3.63) is 41.7 Å². The fourth-order valence-electron chi connectivity index (χ4n) is 2.37. The number of hydrogen-bond acceptors (Lipinski definition) is 5. The molecule has 1 aromatic carbocycles. The molecule has 0 saturated heterocycles. The van der Waals surface area contributed by atoms with Gasteiger partial charge in [-0.15, -0.1) is 23.4 Å². The largest absolute Gasteiger partial charge is 0.573 e. The maximum absolute atomic E-state index is 13.0. The Balaban J connectivity index is 2.09. The summed E-state index contributed by atoms with van der Waals surface area (Å²) in [6.45, 7) is -0.00610. The molecular weight excluding hydrogens is 382 g/mol. The molecule has 0 fully saturated rings. The van der Waals surface area contributed by atoms with Gasteiger partial charge in [-0.2, -0.15) is 22.8 Å². The Labute approximate surface area is 147 Å². The Morgan fingerprint density at radius 3 is 2.22 bits per heavy atom. The van der Waals surface area contributed by atoms with Gasteiger partial charge < -0.3 is 9.47 Å². The van der Waals surface area contributed by atoms with Gasteiger partial charge in [0.05, 0.1) is 12.3 Å². The molecule has 0 aliphatic heterocycles. The average molecular weight is 392 g/mol. The summed E-state index contributed by atoms with van der Waals surface area (Å²) >= 11 is 0. The summed E-state index contributed by atoms with van der Waals surface area (Å²) in [6.07, 6.45) is -9.64. The normalized spacial score (nSPS) is 12.6. The number of nitrogens with zero attached hydrogens (tertiary/aromatic N) is 4. The minimum atomic E-state index is -4.86. The molecule has 0 radical (unpaired) electrons. The second-order valence-electron chi connectivity index (χ2n) is 5.31. The molecule has 144 valence electrons. The second-order valence-corrected chi connectivity index (χ2v) is 5.31. The van der Waals surface area contributed by atoms with E-state index in [0.717, 1.165) is 12.1 Å². The highest BCUT2D eigenvalue weighted by atomic mass is 19.4. The molecule has 0 aliphatic carbocycles. The van der Waals surface area contributed by atoms with Gasteiger partial charge in [-0.25, -0.2) is 0 Å². The molecule has 0 unspecified atom stereocenters. The van der Waals surface area contributed by atoms with Crippen LogP contribution in [0.3, 0.4) is 0 Å². The number of fused-ring (bicyclic) bond motifs is 1. The van der Waals surface area contributed by atoms with Crippen LogP contribution in [-0.4, -0.2) is 33.3 Å². The van der Waals surface area contributed by atoms with E-state index in [1.165, 1.54) is 25.3 Å². The van der Waals surface area contributed by atoms with Gasteiger partial charge in [0, 0.05) is 18.2 Å². The minimum Gasteiger partial charge on any atom is -0.406 e. The van der Waals surface area contributed by atoms with Gasteiger partial charge in [-0.05, 0) is 30.3 Å². The van der Waals surface area contributed by atoms with Gasteiger partial charge in [0.1, 0.15) is 5.75 Å². The molecule has 3 rings (SSSR count). The highest BCUT2D eigenvalue weighted by molar-refractivity contribution is 5.65. The number of aromatic nitrogens is 4. The molecule has 0 atom stereocenters. The number of benzene rings is 1. The van der Waals surface area contributed by atoms with Crippen molar-refractivity contribution in [2.75, 3.05) is 7.11 Å². The molecule has 2 heterocycles. The lowest BCUT2D eigenvalue weighted by molar-refractivity contribution is -0.274. The van der Waals surface area contributed by atoms with Crippen LogP contribution in [-0.2, 0) is 17.5 Å². The number of methoxy groups -OCH3 is 1. The summed E-state index contributed by atoms with van der Waals surface area (Å²) in [5.74, 6) is -1.79. The van der Waals surface area contributed by atoms with Gasteiger partial charge in [-0.1, -0.05) is 0 Å².